The average molecular weight is 440 g/mol. The maximum Gasteiger partial charge on any atom is 0.295 e. The van der Waals surface area contributed by atoms with Gasteiger partial charge in [-0.1, -0.05) is 32.9 Å². The van der Waals surface area contributed by atoms with Gasteiger partial charge in [-0.25, -0.2) is 0 Å². The molecule has 0 spiro atoms. The fourth-order valence-electron chi connectivity index (χ4n) is 3.90. The van der Waals surface area contributed by atoms with Gasteiger partial charge in [0.15, 0.2) is 0 Å². The molecule has 0 bridgehead atoms. The Balaban J connectivity index is 2.06. The van der Waals surface area contributed by atoms with Crippen LogP contribution in [0.5, 0.6) is 0 Å². The van der Waals surface area contributed by atoms with Crippen molar-refractivity contribution in [1.82, 2.24) is 4.90 Å². The molecule has 6 heteroatoms. The maximum atomic E-state index is 13.1. The van der Waals surface area contributed by atoms with Gasteiger partial charge in [0.1, 0.15) is 17.6 Å². The second-order valence-electron chi connectivity index (χ2n) is 9.56. The second kappa shape index (κ2) is 9.33. The molecule has 0 radical (unpaired) electrons. The minimum atomic E-state index is -0.776. The lowest BCUT2D eigenvalue weighted by Gasteiger charge is -2.24. The molecule has 3 rings (SSSR count). The van der Waals surface area contributed by atoms with E-state index in [0.717, 1.165) is 11.1 Å². The van der Waals surface area contributed by atoms with Gasteiger partial charge in [0, 0.05) is 18.7 Å². The van der Waals surface area contributed by atoms with E-state index in [9.17, 15) is 14.7 Å². The van der Waals surface area contributed by atoms with Crippen LogP contribution in [0, 0.1) is 6.92 Å². The van der Waals surface area contributed by atoms with E-state index in [2.05, 4.69) is 20.8 Å². The molecule has 2 aromatic rings. The van der Waals surface area contributed by atoms with Gasteiger partial charge >= 0.3 is 0 Å². The first-order valence-corrected chi connectivity index (χ1v) is 11.1. The number of ketones is 1. The van der Waals surface area contributed by atoms with Gasteiger partial charge in [0.25, 0.3) is 11.7 Å². The van der Waals surface area contributed by atoms with Crippen molar-refractivity contribution in [3.8, 4) is 0 Å². The molecular weight excluding hydrogens is 406 g/mol. The predicted molar refractivity (Wildman–Crippen MR) is 123 cm³/mol. The molecule has 1 N–H and O–H groups in total. The zero-order chi connectivity index (χ0) is 23.6. The van der Waals surface area contributed by atoms with Gasteiger partial charge in [0.05, 0.1) is 17.9 Å². The summed E-state index contributed by atoms with van der Waals surface area (Å²) in [5, 5.41) is 11.3. The molecule has 1 saturated heterocycles. The number of rotatable bonds is 7. The summed E-state index contributed by atoms with van der Waals surface area (Å²) >= 11 is 0. The highest BCUT2D eigenvalue weighted by molar-refractivity contribution is 6.46. The molecule has 32 heavy (non-hydrogen) atoms. The molecule has 1 atom stereocenters. The molecule has 1 aliphatic heterocycles. The number of amides is 1. The van der Waals surface area contributed by atoms with Crippen molar-refractivity contribution >= 4 is 17.4 Å². The Morgan fingerprint density at radius 2 is 1.94 bits per heavy atom. The molecule has 1 unspecified atom stereocenters. The number of carbonyl (C=O) groups excluding carboxylic acids is 2. The smallest absolute Gasteiger partial charge is 0.295 e. The van der Waals surface area contributed by atoms with Crippen LogP contribution in [0.25, 0.3) is 5.76 Å². The van der Waals surface area contributed by atoms with Crippen LogP contribution in [0.2, 0.25) is 0 Å². The number of aryl methyl sites for hydroxylation is 1. The van der Waals surface area contributed by atoms with Crippen LogP contribution in [0.15, 0.2) is 46.6 Å². The number of hydrogen-bond donors (Lipinski definition) is 1. The van der Waals surface area contributed by atoms with Crippen molar-refractivity contribution in [2.45, 2.75) is 65.5 Å². The number of Topliss-reactive ketones (excluding diaryl/α,β-unsaturated/α-hetero) is 1. The summed E-state index contributed by atoms with van der Waals surface area (Å²) < 4.78 is 11.2. The van der Waals surface area contributed by atoms with E-state index in [1.807, 2.05) is 39.0 Å². The van der Waals surface area contributed by atoms with E-state index in [0.29, 0.717) is 30.9 Å². The molecule has 1 aromatic heterocycles. The molecule has 172 valence electrons. The lowest BCUT2D eigenvalue weighted by molar-refractivity contribution is -0.140. The summed E-state index contributed by atoms with van der Waals surface area (Å²) in [6.07, 6.45) is 2.16. The molecule has 1 amide bonds. The molecule has 0 aliphatic carbocycles. The van der Waals surface area contributed by atoms with Gasteiger partial charge in [-0.3, -0.25) is 9.59 Å². The van der Waals surface area contributed by atoms with Crippen LogP contribution in [0.3, 0.4) is 0 Å². The number of nitrogens with zero attached hydrogens (tertiary/aromatic N) is 1. The van der Waals surface area contributed by atoms with Crippen LogP contribution < -0.4 is 0 Å². The summed E-state index contributed by atoms with van der Waals surface area (Å²) in [6.45, 7) is 12.8. The normalized spacial score (nSPS) is 18.7. The van der Waals surface area contributed by atoms with Gasteiger partial charge in [0.2, 0.25) is 0 Å². The second-order valence-corrected chi connectivity index (χ2v) is 9.56. The zero-order valence-corrected chi connectivity index (χ0v) is 19.8. The monoisotopic (exact) mass is 439 g/mol. The number of carbonyl (C=O) groups is 2. The van der Waals surface area contributed by atoms with Crippen molar-refractivity contribution in [1.29, 1.82) is 0 Å². The Hall–Kier alpha value is -2.86. The van der Waals surface area contributed by atoms with Crippen molar-refractivity contribution in [3.05, 3.63) is 64.6 Å². The van der Waals surface area contributed by atoms with Gasteiger partial charge in [-0.05, 0) is 61.9 Å². The third-order valence-electron chi connectivity index (χ3n) is 5.71. The summed E-state index contributed by atoms with van der Waals surface area (Å²) in [6, 6.07) is 8.50. The summed E-state index contributed by atoms with van der Waals surface area (Å²) in [5.74, 6) is -1.06. The lowest BCUT2D eigenvalue weighted by atomic mass is 9.84. The van der Waals surface area contributed by atoms with Crippen LogP contribution in [0.4, 0.5) is 0 Å². The fourth-order valence-corrected chi connectivity index (χ4v) is 3.90. The van der Waals surface area contributed by atoms with Crippen molar-refractivity contribution in [2.24, 2.45) is 0 Å². The van der Waals surface area contributed by atoms with E-state index < -0.39 is 17.7 Å². The SMILES string of the molecule is Cc1ccc(C(C)(C)C)cc1/C(O)=C1\C(=O)C(=O)N(CCCOC(C)C)C1c1ccco1. The van der Waals surface area contributed by atoms with Gasteiger partial charge in [-0.2, -0.15) is 0 Å². The van der Waals surface area contributed by atoms with Crippen LogP contribution >= 0.6 is 0 Å². The number of hydrogen-bond acceptors (Lipinski definition) is 5. The number of ether oxygens (including phenoxy) is 1. The van der Waals surface area contributed by atoms with Gasteiger partial charge < -0.3 is 19.2 Å². The predicted octanol–water partition coefficient (Wildman–Crippen LogP) is 5.12. The van der Waals surface area contributed by atoms with Crippen molar-refractivity contribution in [3.63, 3.8) is 0 Å². The first-order valence-electron chi connectivity index (χ1n) is 11.1. The highest BCUT2D eigenvalue weighted by Crippen LogP contribution is 2.40. The summed E-state index contributed by atoms with van der Waals surface area (Å²) in [7, 11) is 0. The molecular formula is C26H33NO5. The Morgan fingerprint density at radius 1 is 1.22 bits per heavy atom. The fraction of sp³-hybridized carbons (Fsp3) is 0.462. The minimum absolute atomic E-state index is 0.0592. The lowest BCUT2D eigenvalue weighted by Crippen LogP contribution is -2.31. The molecule has 6 nitrogen and oxygen atoms in total. The van der Waals surface area contributed by atoms with E-state index >= 15 is 0 Å². The average Bonchev–Trinajstić information content (AvgIpc) is 3.32. The Kier molecular flexibility index (Phi) is 6.94. The first kappa shape index (κ1) is 23.8. The number of benzene rings is 1. The molecule has 1 aliphatic rings. The van der Waals surface area contributed by atoms with Crippen molar-refractivity contribution in [2.75, 3.05) is 13.2 Å². The van der Waals surface area contributed by atoms with E-state index in [1.54, 1.807) is 12.1 Å². The van der Waals surface area contributed by atoms with Gasteiger partial charge in [-0.15, -0.1) is 0 Å². The zero-order valence-electron chi connectivity index (χ0n) is 19.8. The maximum absolute atomic E-state index is 13.1. The minimum Gasteiger partial charge on any atom is -0.507 e. The summed E-state index contributed by atoms with van der Waals surface area (Å²) in [5.41, 5.74) is 2.33. The Morgan fingerprint density at radius 3 is 2.53 bits per heavy atom. The Labute approximate surface area is 189 Å². The molecule has 2 heterocycles. The van der Waals surface area contributed by atoms with Crippen LogP contribution in [-0.4, -0.2) is 41.0 Å². The highest BCUT2D eigenvalue weighted by Gasteiger charge is 2.47. The largest absolute Gasteiger partial charge is 0.507 e. The van der Waals surface area contributed by atoms with E-state index in [4.69, 9.17) is 9.15 Å². The molecule has 1 aromatic carbocycles. The number of aliphatic hydroxyl groups is 1. The van der Waals surface area contributed by atoms with E-state index in [1.165, 1.54) is 11.2 Å². The van der Waals surface area contributed by atoms with Crippen LogP contribution in [-0.2, 0) is 19.7 Å². The molecule has 0 saturated carbocycles. The Bertz CT molecular complexity index is 1010. The van der Waals surface area contributed by atoms with Crippen molar-refractivity contribution < 1.29 is 23.8 Å². The van der Waals surface area contributed by atoms with E-state index in [-0.39, 0.29) is 22.9 Å². The topological polar surface area (TPSA) is 80.0 Å². The number of likely N-dealkylation sites (tertiary alicyclic amines) is 1. The third-order valence-corrected chi connectivity index (χ3v) is 5.71. The standard InChI is InChI=1S/C26H33NO5/c1-16(2)31-14-8-12-27-22(20-9-7-13-32-20)21(24(29)25(27)30)23(28)19-15-18(26(4,5)6)11-10-17(19)3/h7,9-11,13,15-16,22,28H,8,12,14H2,1-6H3/b23-21+. The quantitative estimate of drug-likeness (QED) is 0.280. The third kappa shape index (κ3) is 4.80. The summed E-state index contributed by atoms with van der Waals surface area (Å²) in [4.78, 5) is 27.5. The van der Waals surface area contributed by atoms with Crippen LogP contribution in [0.1, 0.15) is 69.5 Å². The number of aliphatic hydroxyl groups excluding tert-OH is 1. The first-order chi connectivity index (χ1) is 15.0. The highest BCUT2D eigenvalue weighted by atomic mass is 16.5. The molecule has 1 fully saturated rings. The number of furan rings is 1.